The Morgan fingerprint density at radius 2 is 1.62 bits per heavy atom. The Balaban J connectivity index is 1.12. The number of nitrogens with zero attached hydrogens (tertiary/aromatic N) is 3. The van der Waals surface area contributed by atoms with Crippen molar-refractivity contribution < 1.29 is 28.7 Å². The predicted octanol–water partition coefficient (Wildman–Crippen LogP) is 6.26. The molecule has 13 nitrogen and oxygen atoms in total. The number of H-pyrrole nitrogens is 1. The smallest absolute Gasteiger partial charge is 0.407 e. The summed E-state index contributed by atoms with van der Waals surface area (Å²) in [6, 6.07) is 21.6. The molecule has 3 aromatic carbocycles. The highest BCUT2D eigenvalue weighted by atomic mass is 35.5. The molecule has 4 N–H and O–H groups in total. The van der Waals surface area contributed by atoms with Crippen molar-refractivity contribution in [1.29, 1.82) is 0 Å². The number of aromatic nitrogens is 3. The molecular formula is C41H48ClN7O6. The van der Waals surface area contributed by atoms with Gasteiger partial charge in [0.15, 0.2) is 5.82 Å². The standard InChI is InChI=1S/C41H48ClN7O6/c1-41(2,3)55-40(53)43-25-26-7-9-30(10-8-26)36(50)45-34(37(51)44-33-17-15-29(16-18-33)35-46-39(42)48-47-35)24-27-5-4-6-32(23-27)28-11-13-31(14-12-28)38(52)49-19-21-54-22-20-49/h4-6,11-18,23,26,30,34H,7-10,19-22,24-25H2,1-3H3,(H,43,53)(H,44,51)(H,45,50)(H,46,47,48)/t26?,30?,34-/m0/s1. The van der Waals surface area contributed by atoms with E-state index in [1.807, 2.05) is 69.3 Å². The molecule has 2 heterocycles. The highest BCUT2D eigenvalue weighted by Gasteiger charge is 2.30. The van der Waals surface area contributed by atoms with Crippen LogP contribution in [0.2, 0.25) is 5.28 Å². The Morgan fingerprint density at radius 3 is 2.27 bits per heavy atom. The molecule has 1 aliphatic carbocycles. The SMILES string of the molecule is CC(C)(C)OC(=O)NCC1CCC(C(=O)N[C@@H](Cc2cccc(-c3ccc(C(=O)N4CCOCC4)cc3)c2)C(=O)Nc2ccc(-c3n[nH]c(Cl)n3)cc2)CC1. The molecule has 1 saturated carbocycles. The lowest BCUT2D eigenvalue weighted by Crippen LogP contribution is -2.48. The lowest BCUT2D eigenvalue weighted by Gasteiger charge is -2.29. The largest absolute Gasteiger partial charge is 0.444 e. The zero-order valence-electron chi connectivity index (χ0n) is 31.4. The van der Waals surface area contributed by atoms with E-state index in [0.717, 1.165) is 35.1 Å². The highest BCUT2D eigenvalue weighted by molar-refractivity contribution is 6.28. The number of alkyl carbamates (subject to hydrolysis) is 1. The molecule has 4 aromatic rings. The first kappa shape index (κ1) is 39.4. The van der Waals surface area contributed by atoms with Crippen molar-refractivity contribution in [1.82, 2.24) is 30.7 Å². The number of aromatic amines is 1. The fraction of sp³-hybridized carbons (Fsp3) is 0.415. The number of halogens is 1. The lowest BCUT2D eigenvalue weighted by atomic mass is 9.81. The second kappa shape index (κ2) is 17.9. The van der Waals surface area contributed by atoms with Crippen molar-refractivity contribution in [2.45, 2.75) is 64.5 Å². The van der Waals surface area contributed by atoms with Crippen LogP contribution in [0.1, 0.15) is 62.4 Å². The summed E-state index contributed by atoms with van der Waals surface area (Å²) in [5, 5.41) is 15.7. The third-order valence-corrected chi connectivity index (χ3v) is 9.95. The van der Waals surface area contributed by atoms with Crippen molar-refractivity contribution >= 4 is 41.1 Å². The van der Waals surface area contributed by atoms with E-state index in [1.54, 1.807) is 29.2 Å². The van der Waals surface area contributed by atoms with Gasteiger partial charge in [0.05, 0.1) is 13.2 Å². The van der Waals surface area contributed by atoms with Crippen molar-refractivity contribution in [3.8, 4) is 22.5 Å². The van der Waals surface area contributed by atoms with Crippen molar-refractivity contribution in [2.24, 2.45) is 11.8 Å². The Kier molecular flexibility index (Phi) is 12.8. The van der Waals surface area contributed by atoms with Gasteiger partial charge in [0, 0.05) is 48.8 Å². The summed E-state index contributed by atoms with van der Waals surface area (Å²) in [5.74, 6) is -0.135. The fourth-order valence-electron chi connectivity index (χ4n) is 6.84. The molecular weight excluding hydrogens is 722 g/mol. The second-order valence-electron chi connectivity index (χ2n) is 15.1. The summed E-state index contributed by atoms with van der Waals surface area (Å²) in [6.07, 6.45) is 2.64. The van der Waals surface area contributed by atoms with Gasteiger partial charge in [-0.05, 0) is 117 Å². The maximum Gasteiger partial charge on any atom is 0.407 e. The summed E-state index contributed by atoms with van der Waals surface area (Å²) >= 11 is 5.89. The average molecular weight is 770 g/mol. The zero-order valence-corrected chi connectivity index (χ0v) is 32.2. The van der Waals surface area contributed by atoms with Gasteiger partial charge in [-0.15, -0.1) is 0 Å². The van der Waals surface area contributed by atoms with Crippen molar-refractivity contribution in [3.63, 3.8) is 0 Å². The molecule has 0 spiro atoms. The van der Waals surface area contributed by atoms with Gasteiger partial charge in [-0.3, -0.25) is 14.4 Å². The number of ether oxygens (including phenoxy) is 2. The van der Waals surface area contributed by atoms with Crippen LogP contribution in [-0.2, 0) is 25.5 Å². The number of carbonyl (C=O) groups excluding carboxylic acids is 4. The van der Waals surface area contributed by atoms with Gasteiger partial charge in [-0.25, -0.2) is 9.89 Å². The molecule has 55 heavy (non-hydrogen) atoms. The first-order valence-corrected chi connectivity index (χ1v) is 19.1. The zero-order chi connectivity index (χ0) is 39.0. The van der Waals surface area contributed by atoms with Crippen LogP contribution in [0.5, 0.6) is 0 Å². The number of morpholine rings is 1. The predicted molar refractivity (Wildman–Crippen MR) is 209 cm³/mol. The summed E-state index contributed by atoms with van der Waals surface area (Å²) < 4.78 is 10.7. The first-order chi connectivity index (χ1) is 26.4. The number of rotatable bonds is 11. The van der Waals surface area contributed by atoms with E-state index < -0.39 is 17.7 Å². The van der Waals surface area contributed by atoms with Gasteiger partial charge in [0.2, 0.25) is 17.1 Å². The molecule has 0 bridgehead atoms. The van der Waals surface area contributed by atoms with Gasteiger partial charge in [-0.2, -0.15) is 10.1 Å². The van der Waals surface area contributed by atoms with E-state index in [2.05, 4.69) is 31.1 Å². The van der Waals surface area contributed by atoms with Crippen LogP contribution < -0.4 is 16.0 Å². The minimum absolute atomic E-state index is 0.0176. The molecule has 0 radical (unpaired) electrons. The second-order valence-corrected chi connectivity index (χ2v) is 15.4. The molecule has 1 atom stereocenters. The lowest BCUT2D eigenvalue weighted by molar-refractivity contribution is -0.130. The maximum absolute atomic E-state index is 13.9. The molecule has 14 heteroatoms. The van der Waals surface area contributed by atoms with E-state index in [1.165, 1.54) is 0 Å². The van der Waals surface area contributed by atoms with Gasteiger partial charge in [-0.1, -0.05) is 36.4 Å². The minimum atomic E-state index is -0.866. The first-order valence-electron chi connectivity index (χ1n) is 18.7. The summed E-state index contributed by atoms with van der Waals surface area (Å²) in [4.78, 5) is 58.7. The van der Waals surface area contributed by atoms with E-state index in [0.29, 0.717) is 62.8 Å². The number of nitrogens with one attached hydrogen (secondary N) is 4. The number of benzene rings is 3. The number of hydrogen-bond donors (Lipinski definition) is 4. The Hall–Kier alpha value is -5.27. The number of hydrogen-bond acceptors (Lipinski definition) is 8. The molecule has 1 saturated heterocycles. The van der Waals surface area contributed by atoms with E-state index in [4.69, 9.17) is 21.1 Å². The number of amides is 4. The third-order valence-electron chi connectivity index (χ3n) is 9.78. The molecule has 0 unspecified atom stereocenters. The Morgan fingerprint density at radius 1 is 0.927 bits per heavy atom. The molecule has 1 aromatic heterocycles. The van der Waals surface area contributed by atoms with Crippen LogP contribution in [0.4, 0.5) is 10.5 Å². The van der Waals surface area contributed by atoms with E-state index >= 15 is 0 Å². The van der Waals surface area contributed by atoms with Gasteiger partial charge in [0.25, 0.3) is 5.91 Å². The van der Waals surface area contributed by atoms with Crippen molar-refractivity contribution in [3.05, 3.63) is 89.2 Å². The van der Waals surface area contributed by atoms with Crippen LogP contribution in [-0.4, -0.2) is 88.4 Å². The third kappa shape index (κ3) is 11.1. The normalized spacial score (nSPS) is 17.9. The Bertz CT molecular complexity index is 1950. The Labute approximate surface area is 325 Å². The molecule has 4 amide bonds. The van der Waals surface area contributed by atoms with Crippen LogP contribution in [0.3, 0.4) is 0 Å². The number of anilines is 1. The molecule has 2 aliphatic rings. The van der Waals surface area contributed by atoms with Gasteiger partial charge >= 0.3 is 6.09 Å². The van der Waals surface area contributed by atoms with Crippen LogP contribution in [0.15, 0.2) is 72.8 Å². The van der Waals surface area contributed by atoms with E-state index in [-0.39, 0.29) is 41.3 Å². The molecule has 1 aliphatic heterocycles. The average Bonchev–Trinajstić information content (AvgIpc) is 3.63. The fourth-order valence-corrected chi connectivity index (χ4v) is 6.96. The highest BCUT2D eigenvalue weighted by Crippen LogP contribution is 2.29. The topological polar surface area (TPSA) is 168 Å². The van der Waals surface area contributed by atoms with Gasteiger partial charge in [0.1, 0.15) is 11.6 Å². The minimum Gasteiger partial charge on any atom is -0.444 e. The maximum atomic E-state index is 13.9. The monoisotopic (exact) mass is 769 g/mol. The molecule has 6 rings (SSSR count). The van der Waals surface area contributed by atoms with Crippen LogP contribution in [0, 0.1) is 11.8 Å². The summed E-state index contributed by atoms with van der Waals surface area (Å²) in [7, 11) is 0. The van der Waals surface area contributed by atoms with E-state index in [9.17, 15) is 19.2 Å². The summed E-state index contributed by atoms with van der Waals surface area (Å²) in [5.41, 5.74) is 4.03. The van der Waals surface area contributed by atoms with Crippen LogP contribution in [0.25, 0.3) is 22.5 Å². The molecule has 2 fully saturated rings. The van der Waals surface area contributed by atoms with Crippen molar-refractivity contribution in [2.75, 3.05) is 38.2 Å². The van der Waals surface area contributed by atoms with Crippen LogP contribution >= 0.6 is 11.6 Å². The quantitative estimate of drug-likeness (QED) is 0.139. The summed E-state index contributed by atoms with van der Waals surface area (Å²) in [6.45, 7) is 8.18. The van der Waals surface area contributed by atoms with Gasteiger partial charge < -0.3 is 30.3 Å². The molecule has 290 valence electrons. The number of carbonyl (C=O) groups is 4.